The maximum Gasteiger partial charge on any atom is 0.228 e. The van der Waals surface area contributed by atoms with Crippen molar-refractivity contribution in [3.63, 3.8) is 0 Å². The summed E-state index contributed by atoms with van der Waals surface area (Å²) in [6, 6.07) is 15.2. The van der Waals surface area contributed by atoms with Gasteiger partial charge in [-0.1, -0.05) is 0 Å². The Morgan fingerprint density at radius 1 is 1.05 bits per heavy atom. The van der Waals surface area contributed by atoms with E-state index >= 15 is 0 Å². The number of anilines is 1. The first kappa shape index (κ1) is 14.1. The Hall–Kier alpha value is -1.82. The van der Waals surface area contributed by atoms with Crippen molar-refractivity contribution in [1.29, 1.82) is 0 Å². The average Bonchev–Trinajstić information content (AvgIpc) is 2.89. The Bertz CT molecular complexity index is 803. The molecule has 2 aromatic carbocycles. The first-order chi connectivity index (χ1) is 10.0. The highest BCUT2D eigenvalue weighted by molar-refractivity contribution is 14.1. The molecule has 3 rings (SSSR count). The van der Waals surface area contributed by atoms with E-state index in [2.05, 4.69) is 22.6 Å². The minimum atomic E-state index is -0.0912. The molecule has 0 fully saturated rings. The quantitative estimate of drug-likeness (QED) is 0.492. The molecule has 0 spiro atoms. The summed E-state index contributed by atoms with van der Waals surface area (Å²) >= 11 is 2.24. The van der Waals surface area contributed by atoms with Gasteiger partial charge in [-0.3, -0.25) is 4.79 Å². The fourth-order valence-electron chi connectivity index (χ4n) is 2.18. The molecule has 0 aliphatic heterocycles. The first-order valence-corrected chi connectivity index (χ1v) is 7.63. The molecule has 0 amide bonds. The van der Waals surface area contributed by atoms with Crippen LogP contribution in [0, 0.1) is 3.57 Å². The average molecular weight is 391 g/mol. The van der Waals surface area contributed by atoms with Crippen molar-refractivity contribution in [3.8, 4) is 0 Å². The lowest BCUT2D eigenvalue weighted by molar-refractivity contribution is 0.101. The van der Waals surface area contributed by atoms with E-state index in [0.717, 1.165) is 20.2 Å². The van der Waals surface area contributed by atoms with E-state index in [4.69, 9.17) is 4.42 Å². The Labute approximate surface area is 136 Å². The first-order valence-electron chi connectivity index (χ1n) is 6.56. The maximum absolute atomic E-state index is 12.5. The van der Waals surface area contributed by atoms with Crippen LogP contribution >= 0.6 is 22.6 Å². The molecule has 0 bridgehead atoms. The van der Waals surface area contributed by atoms with Crippen molar-refractivity contribution < 1.29 is 9.21 Å². The number of carbonyl (C=O) groups excluding carboxylic acids is 1. The summed E-state index contributed by atoms with van der Waals surface area (Å²) in [5.41, 5.74) is 2.43. The van der Waals surface area contributed by atoms with E-state index in [-0.39, 0.29) is 5.78 Å². The SMILES string of the molecule is CN(C)c1ccc(C(=O)c2cc3cc(I)ccc3o2)cc1. The molecule has 0 aliphatic carbocycles. The van der Waals surface area contributed by atoms with Crippen molar-refractivity contribution in [1.82, 2.24) is 0 Å². The Kier molecular flexibility index (Phi) is 3.71. The number of hydrogen-bond acceptors (Lipinski definition) is 3. The van der Waals surface area contributed by atoms with Gasteiger partial charge in [0, 0.05) is 34.3 Å². The second-order valence-corrected chi connectivity index (χ2v) is 6.31. The van der Waals surface area contributed by atoms with E-state index in [1.165, 1.54) is 0 Å². The largest absolute Gasteiger partial charge is 0.453 e. The summed E-state index contributed by atoms with van der Waals surface area (Å²) < 4.78 is 6.77. The van der Waals surface area contributed by atoms with Gasteiger partial charge in [0.25, 0.3) is 0 Å². The molecule has 0 radical (unpaired) electrons. The van der Waals surface area contributed by atoms with Crippen molar-refractivity contribution >= 4 is 45.0 Å². The molecule has 0 N–H and O–H groups in total. The van der Waals surface area contributed by atoms with Gasteiger partial charge in [0.15, 0.2) is 5.76 Å². The van der Waals surface area contributed by atoms with E-state index < -0.39 is 0 Å². The highest BCUT2D eigenvalue weighted by Gasteiger charge is 2.14. The molecule has 3 aromatic rings. The Balaban J connectivity index is 1.95. The molecule has 0 aliphatic rings. The third kappa shape index (κ3) is 2.81. The summed E-state index contributed by atoms with van der Waals surface area (Å²) in [5.74, 6) is 0.288. The second kappa shape index (κ2) is 5.52. The van der Waals surface area contributed by atoms with Crippen molar-refractivity contribution in [3.05, 3.63) is 63.4 Å². The summed E-state index contributed by atoms with van der Waals surface area (Å²) in [7, 11) is 3.94. The lowest BCUT2D eigenvalue weighted by Gasteiger charge is -2.12. The van der Waals surface area contributed by atoms with Crippen LogP contribution in [-0.4, -0.2) is 19.9 Å². The smallest absolute Gasteiger partial charge is 0.228 e. The highest BCUT2D eigenvalue weighted by atomic mass is 127. The van der Waals surface area contributed by atoms with E-state index in [1.807, 2.05) is 61.5 Å². The fraction of sp³-hybridized carbons (Fsp3) is 0.118. The summed E-state index contributed by atoms with van der Waals surface area (Å²) in [5, 5.41) is 0.954. The summed E-state index contributed by atoms with van der Waals surface area (Å²) in [6.07, 6.45) is 0. The zero-order valence-corrected chi connectivity index (χ0v) is 13.9. The van der Waals surface area contributed by atoms with Gasteiger partial charge >= 0.3 is 0 Å². The van der Waals surface area contributed by atoms with Crippen molar-refractivity contribution in [2.24, 2.45) is 0 Å². The minimum Gasteiger partial charge on any atom is -0.453 e. The van der Waals surface area contributed by atoms with Crippen LogP contribution in [-0.2, 0) is 0 Å². The normalized spacial score (nSPS) is 10.8. The molecule has 4 heteroatoms. The van der Waals surface area contributed by atoms with Crippen molar-refractivity contribution in [2.45, 2.75) is 0 Å². The highest BCUT2D eigenvalue weighted by Crippen LogP contribution is 2.24. The predicted octanol–water partition coefficient (Wildman–Crippen LogP) is 4.33. The Morgan fingerprint density at radius 2 is 1.76 bits per heavy atom. The lowest BCUT2D eigenvalue weighted by Crippen LogP contribution is -2.08. The van der Waals surface area contributed by atoms with Gasteiger partial charge in [-0.05, 0) is 71.1 Å². The van der Waals surface area contributed by atoms with Crippen LogP contribution < -0.4 is 4.90 Å². The standard InChI is InChI=1S/C17H14INO2/c1-19(2)14-6-3-11(4-7-14)17(20)16-10-12-9-13(18)5-8-15(12)21-16/h3-10H,1-2H3. The van der Waals surface area contributed by atoms with Crippen LogP contribution in [0.15, 0.2) is 52.9 Å². The number of ketones is 1. The van der Waals surface area contributed by atoms with Crippen LogP contribution in [0.5, 0.6) is 0 Å². The van der Waals surface area contributed by atoms with Gasteiger partial charge in [-0.25, -0.2) is 0 Å². The Morgan fingerprint density at radius 3 is 2.43 bits per heavy atom. The lowest BCUT2D eigenvalue weighted by atomic mass is 10.1. The number of hydrogen-bond donors (Lipinski definition) is 0. The number of fused-ring (bicyclic) bond motifs is 1. The van der Waals surface area contributed by atoms with Gasteiger partial charge in [0.2, 0.25) is 5.78 Å². The molecule has 0 atom stereocenters. The molecule has 0 unspecified atom stereocenters. The predicted molar refractivity (Wildman–Crippen MR) is 93.1 cm³/mol. The molecule has 1 aromatic heterocycles. The van der Waals surface area contributed by atoms with E-state index in [1.54, 1.807) is 6.07 Å². The summed E-state index contributed by atoms with van der Waals surface area (Å²) in [6.45, 7) is 0. The van der Waals surface area contributed by atoms with Crippen LogP contribution in [0.4, 0.5) is 5.69 Å². The van der Waals surface area contributed by atoms with Crippen LogP contribution in [0.25, 0.3) is 11.0 Å². The second-order valence-electron chi connectivity index (χ2n) is 5.06. The van der Waals surface area contributed by atoms with Gasteiger partial charge in [0.1, 0.15) is 5.58 Å². The van der Waals surface area contributed by atoms with Gasteiger partial charge < -0.3 is 9.32 Å². The third-order valence-electron chi connectivity index (χ3n) is 3.35. The topological polar surface area (TPSA) is 33.5 Å². The van der Waals surface area contributed by atoms with Crippen LogP contribution in [0.1, 0.15) is 16.1 Å². The number of halogens is 1. The van der Waals surface area contributed by atoms with Gasteiger partial charge in [-0.15, -0.1) is 0 Å². The molecule has 1 heterocycles. The molecule has 0 saturated heterocycles. The van der Waals surface area contributed by atoms with E-state index in [9.17, 15) is 4.79 Å². The third-order valence-corrected chi connectivity index (χ3v) is 4.02. The molecule has 21 heavy (non-hydrogen) atoms. The number of carbonyl (C=O) groups is 1. The van der Waals surface area contributed by atoms with Crippen LogP contribution in [0.3, 0.4) is 0 Å². The molecule has 106 valence electrons. The number of rotatable bonds is 3. The maximum atomic E-state index is 12.5. The number of nitrogens with zero attached hydrogens (tertiary/aromatic N) is 1. The fourth-order valence-corrected chi connectivity index (χ4v) is 2.69. The monoisotopic (exact) mass is 391 g/mol. The molecule has 3 nitrogen and oxygen atoms in total. The zero-order chi connectivity index (χ0) is 15.0. The van der Waals surface area contributed by atoms with E-state index in [0.29, 0.717) is 11.3 Å². The van der Waals surface area contributed by atoms with Gasteiger partial charge in [-0.2, -0.15) is 0 Å². The summed E-state index contributed by atoms with van der Waals surface area (Å²) in [4.78, 5) is 14.5. The van der Waals surface area contributed by atoms with Crippen LogP contribution in [0.2, 0.25) is 0 Å². The number of benzene rings is 2. The molecular weight excluding hydrogens is 377 g/mol. The van der Waals surface area contributed by atoms with Gasteiger partial charge in [0.05, 0.1) is 0 Å². The molecule has 0 saturated carbocycles. The number of furan rings is 1. The molecular formula is C17H14INO2. The van der Waals surface area contributed by atoms with Crippen molar-refractivity contribution in [2.75, 3.05) is 19.0 Å². The minimum absolute atomic E-state index is 0.0912. The zero-order valence-electron chi connectivity index (χ0n) is 11.8.